The van der Waals surface area contributed by atoms with Crippen LogP contribution in [0.5, 0.6) is 5.75 Å². The molecule has 1 saturated heterocycles. The van der Waals surface area contributed by atoms with E-state index in [1.54, 1.807) is 13.2 Å². The van der Waals surface area contributed by atoms with Crippen LogP contribution in [0.1, 0.15) is 37.3 Å². The van der Waals surface area contributed by atoms with Gasteiger partial charge in [-0.3, -0.25) is 0 Å². The number of nitrogens with zero attached hydrogens (tertiary/aromatic N) is 3. The van der Waals surface area contributed by atoms with Gasteiger partial charge >= 0.3 is 0 Å². The molecule has 2 aromatic carbocycles. The summed E-state index contributed by atoms with van der Waals surface area (Å²) >= 11 is 0. The summed E-state index contributed by atoms with van der Waals surface area (Å²) in [5.74, 6) is 0.492. The third-order valence-electron chi connectivity index (χ3n) is 6.39. The zero-order valence-electron chi connectivity index (χ0n) is 19.7. The Morgan fingerprint density at radius 3 is 2.55 bits per heavy atom. The minimum absolute atomic E-state index is 0.275. The van der Waals surface area contributed by atoms with Crippen LogP contribution in [0.4, 0.5) is 10.1 Å². The van der Waals surface area contributed by atoms with Crippen LogP contribution in [0.15, 0.2) is 42.5 Å². The molecule has 0 bridgehead atoms. The van der Waals surface area contributed by atoms with E-state index in [0.717, 1.165) is 43.8 Å². The number of piperidine rings is 1. The second-order valence-electron chi connectivity index (χ2n) is 8.57. The van der Waals surface area contributed by atoms with E-state index in [1.165, 1.54) is 12.1 Å². The van der Waals surface area contributed by atoms with Gasteiger partial charge in [0.15, 0.2) is 0 Å². The Kier molecular flexibility index (Phi) is 9.49. The lowest BCUT2D eigenvalue weighted by Gasteiger charge is -2.42. The Morgan fingerprint density at radius 1 is 1.18 bits per heavy atom. The molecule has 1 aliphatic rings. The molecule has 1 heterocycles. The molecule has 178 valence electrons. The van der Waals surface area contributed by atoms with Crippen LogP contribution >= 0.6 is 0 Å². The summed E-state index contributed by atoms with van der Waals surface area (Å²) in [4.78, 5) is 4.76. The summed E-state index contributed by atoms with van der Waals surface area (Å²) in [5.41, 5.74) is 7.78. The minimum Gasteiger partial charge on any atom is -0.491 e. The maximum atomic E-state index is 14.7. The van der Waals surface area contributed by atoms with Gasteiger partial charge in [-0.25, -0.2) is 4.39 Å². The van der Waals surface area contributed by atoms with Crippen molar-refractivity contribution in [2.75, 3.05) is 44.9 Å². The van der Waals surface area contributed by atoms with Gasteiger partial charge in [0.2, 0.25) is 0 Å². The normalized spacial score (nSPS) is 15.7. The number of hydrogen-bond donors (Lipinski definition) is 1. The van der Waals surface area contributed by atoms with E-state index in [1.807, 2.05) is 24.3 Å². The molecule has 1 unspecified atom stereocenters. The summed E-state index contributed by atoms with van der Waals surface area (Å²) in [6.45, 7) is 6.34. The molecule has 33 heavy (non-hydrogen) atoms. The lowest BCUT2D eigenvalue weighted by Crippen LogP contribution is -2.47. The van der Waals surface area contributed by atoms with Crippen LogP contribution in [-0.2, 0) is 11.3 Å². The van der Waals surface area contributed by atoms with Crippen molar-refractivity contribution in [2.24, 2.45) is 5.73 Å². The van der Waals surface area contributed by atoms with Crippen LogP contribution in [0.3, 0.4) is 0 Å². The lowest BCUT2D eigenvalue weighted by molar-refractivity contribution is 0.146. The largest absolute Gasteiger partial charge is 0.491 e. The number of ether oxygens (including phenoxy) is 2. The van der Waals surface area contributed by atoms with Gasteiger partial charge in [0.1, 0.15) is 18.2 Å². The van der Waals surface area contributed by atoms with Gasteiger partial charge in [-0.2, -0.15) is 5.26 Å². The fraction of sp³-hybridized carbons (Fsp3) is 0.500. The first-order valence-corrected chi connectivity index (χ1v) is 11.7. The molecule has 2 aromatic rings. The maximum absolute atomic E-state index is 14.7. The molecule has 6 nitrogen and oxygen atoms in total. The quantitative estimate of drug-likeness (QED) is 0.519. The molecule has 0 saturated carbocycles. The lowest BCUT2D eigenvalue weighted by atomic mass is 9.99. The molecular weight excluding hydrogens is 419 g/mol. The van der Waals surface area contributed by atoms with Gasteiger partial charge in [0.25, 0.3) is 0 Å². The van der Waals surface area contributed by atoms with Gasteiger partial charge in [0.05, 0.1) is 18.2 Å². The number of hydrogen-bond acceptors (Lipinski definition) is 6. The molecule has 3 rings (SSSR count). The van der Waals surface area contributed by atoms with E-state index in [-0.39, 0.29) is 11.9 Å². The van der Waals surface area contributed by atoms with E-state index in [0.29, 0.717) is 43.5 Å². The number of likely N-dealkylation sites (tertiary alicyclic amines) is 1. The first-order chi connectivity index (χ1) is 16.0. The zero-order chi connectivity index (χ0) is 23.6. The highest BCUT2D eigenvalue weighted by Crippen LogP contribution is 2.29. The van der Waals surface area contributed by atoms with Crippen molar-refractivity contribution >= 4 is 5.69 Å². The monoisotopic (exact) mass is 454 g/mol. The first kappa shape index (κ1) is 25.0. The molecule has 7 heteroatoms. The SMILES string of the molecule is COCCOc1ccc(N(Cc2cc(C#N)ccc2F)C2CCN(C(C)CCN)CC2)cc1. The number of anilines is 1. The van der Waals surface area contributed by atoms with Crippen LogP contribution in [0.25, 0.3) is 0 Å². The van der Waals surface area contributed by atoms with Crippen molar-refractivity contribution in [3.8, 4) is 11.8 Å². The molecule has 2 N–H and O–H groups in total. The summed E-state index contributed by atoms with van der Waals surface area (Å²) in [5, 5.41) is 9.27. The first-order valence-electron chi connectivity index (χ1n) is 11.7. The third-order valence-corrected chi connectivity index (χ3v) is 6.39. The van der Waals surface area contributed by atoms with E-state index in [9.17, 15) is 9.65 Å². The van der Waals surface area contributed by atoms with Crippen molar-refractivity contribution in [1.82, 2.24) is 4.90 Å². The fourth-order valence-corrected chi connectivity index (χ4v) is 4.42. The molecule has 0 aromatic heterocycles. The second kappa shape index (κ2) is 12.5. The van der Waals surface area contributed by atoms with Crippen LogP contribution in [-0.4, -0.2) is 56.9 Å². The Bertz CT molecular complexity index is 907. The van der Waals surface area contributed by atoms with Gasteiger partial charge in [-0.05, 0) is 75.2 Å². The van der Waals surface area contributed by atoms with Crippen molar-refractivity contribution in [3.05, 3.63) is 59.4 Å². The molecule has 0 spiro atoms. The molecule has 1 fully saturated rings. The predicted octanol–water partition coefficient (Wildman–Crippen LogP) is 3.93. The predicted molar refractivity (Wildman–Crippen MR) is 129 cm³/mol. The van der Waals surface area contributed by atoms with E-state index >= 15 is 0 Å². The summed E-state index contributed by atoms with van der Waals surface area (Å²) in [6, 6.07) is 15.4. The summed E-state index contributed by atoms with van der Waals surface area (Å²) in [7, 11) is 1.65. The smallest absolute Gasteiger partial charge is 0.128 e. The number of nitriles is 1. The van der Waals surface area contributed by atoms with E-state index in [2.05, 4.69) is 22.8 Å². The molecule has 0 amide bonds. The topological polar surface area (TPSA) is 74.8 Å². The molecular formula is C26H35FN4O2. The van der Waals surface area contributed by atoms with Crippen molar-refractivity contribution in [3.63, 3.8) is 0 Å². The Hall–Kier alpha value is -2.66. The molecule has 0 radical (unpaired) electrons. The number of rotatable bonds is 11. The maximum Gasteiger partial charge on any atom is 0.128 e. The van der Waals surface area contributed by atoms with Crippen LogP contribution in [0.2, 0.25) is 0 Å². The second-order valence-corrected chi connectivity index (χ2v) is 8.57. The standard InChI is InChI=1S/C26H35FN4O2/c1-20(9-12-28)30-13-10-24(11-14-30)31(19-22-17-21(18-29)3-8-26(22)27)23-4-6-25(7-5-23)33-16-15-32-2/h3-8,17,20,24H,9-16,19,28H2,1-2H3. The minimum atomic E-state index is -0.285. The number of benzene rings is 2. The summed E-state index contributed by atoms with van der Waals surface area (Å²) in [6.07, 6.45) is 2.96. The Labute approximate surface area is 196 Å². The van der Waals surface area contributed by atoms with Crippen molar-refractivity contribution < 1.29 is 13.9 Å². The van der Waals surface area contributed by atoms with Gasteiger partial charge in [0, 0.05) is 50.1 Å². The van der Waals surface area contributed by atoms with Crippen molar-refractivity contribution in [1.29, 1.82) is 5.26 Å². The van der Waals surface area contributed by atoms with Gasteiger partial charge < -0.3 is 25.0 Å². The zero-order valence-corrected chi connectivity index (χ0v) is 19.7. The highest BCUT2D eigenvalue weighted by Gasteiger charge is 2.27. The van der Waals surface area contributed by atoms with Crippen LogP contribution < -0.4 is 15.4 Å². The highest BCUT2D eigenvalue weighted by atomic mass is 19.1. The Morgan fingerprint density at radius 2 is 1.91 bits per heavy atom. The van der Waals surface area contributed by atoms with Crippen LogP contribution in [0, 0.1) is 17.1 Å². The van der Waals surface area contributed by atoms with E-state index in [4.69, 9.17) is 15.2 Å². The third kappa shape index (κ3) is 6.91. The van der Waals surface area contributed by atoms with E-state index < -0.39 is 0 Å². The van der Waals surface area contributed by atoms with Crippen molar-refractivity contribution in [2.45, 2.75) is 44.8 Å². The molecule has 1 aliphatic heterocycles. The fourth-order valence-electron chi connectivity index (χ4n) is 4.42. The van der Waals surface area contributed by atoms with Gasteiger partial charge in [-0.15, -0.1) is 0 Å². The summed E-state index contributed by atoms with van der Waals surface area (Å²) < 4.78 is 25.4. The number of halogens is 1. The molecule has 0 aliphatic carbocycles. The number of methoxy groups -OCH3 is 1. The Balaban J connectivity index is 1.79. The molecule has 1 atom stereocenters. The average Bonchev–Trinajstić information content (AvgIpc) is 2.84. The van der Waals surface area contributed by atoms with Gasteiger partial charge in [-0.1, -0.05) is 0 Å². The number of nitrogens with two attached hydrogens (primary N) is 1. The average molecular weight is 455 g/mol. The highest BCUT2D eigenvalue weighted by molar-refractivity contribution is 5.51.